The van der Waals surface area contributed by atoms with Crippen LogP contribution in [0.25, 0.3) is 0 Å². The van der Waals surface area contributed by atoms with E-state index in [1.54, 1.807) is 6.07 Å². The third kappa shape index (κ3) is 3.62. The number of esters is 1. The van der Waals surface area contributed by atoms with Crippen LogP contribution < -0.4 is 4.74 Å². The van der Waals surface area contributed by atoms with Crippen molar-refractivity contribution >= 4 is 5.97 Å². The number of ether oxygens (including phenoxy) is 2. The molecular formula is C10H7F3N2O3. The van der Waals surface area contributed by atoms with Gasteiger partial charge >= 0.3 is 12.3 Å². The van der Waals surface area contributed by atoms with Gasteiger partial charge in [-0.25, -0.2) is 9.78 Å². The molecule has 0 radical (unpaired) electrons. The number of aromatic nitrogens is 1. The lowest BCUT2D eigenvalue weighted by Crippen LogP contribution is -2.18. The van der Waals surface area contributed by atoms with Gasteiger partial charge in [0, 0.05) is 12.3 Å². The molecule has 96 valence electrons. The molecule has 18 heavy (non-hydrogen) atoms. The van der Waals surface area contributed by atoms with E-state index >= 15 is 0 Å². The molecule has 1 aromatic rings. The summed E-state index contributed by atoms with van der Waals surface area (Å²) in [6.07, 6.45) is -4.11. The maximum Gasteiger partial charge on any atom is 0.574 e. The molecule has 0 unspecified atom stereocenters. The summed E-state index contributed by atoms with van der Waals surface area (Å²) in [5.41, 5.74) is -0.517. The Morgan fingerprint density at radius 3 is 2.72 bits per heavy atom. The molecule has 0 atom stereocenters. The van der Waals surface area contributed by atoms with E-state index in [-0.39, 0.29) is 17.7 Å². The van der Waals surface area contributed by atoms with Crippen molar-refractivity contribution in [1.82, 2.24) is 4.98 Å². The first-order chi connectivity index (χ1) is 8.37. The zero-order valence-corrected chi connectivity index (χ0v) is 9.11. The van der Waals surface area contributed by atoms with Crippen LogP contribution in [0.2, 0.25) is 0 Å². The molecule has 0 N–H and O–H groups in total. The zero-order valence-electron chi connectivity index (χ0n) is 9.11. The fourth-order valence-electron chi connectivity index (χ4n) is 1.08. The number of nitriles is 1. The summed E-state index contributed by atoms with van der Waals surface area (Å²) >= 11 is 0. The molecule has 1 aromatic heterocycles. The predicted octanol–water partition coefficient (Wildman–Crippen LogP) is 2.03. The average Bonchev–Trinajstić information content (AvgIpc) is 2.27. The second kappa shape index (κ2) is 5.35. The van der Waals surface area contributed by atoms with Gasteiger partial charge < -0.3 is 9.47 Å². The summed E-state index contributed by atoms with van der Waals surface area (Å²) < 4.78 is 44.0. The van der Waals surface area contributed by atoms with Crippen molar-refractivity contribution in [3.8, 4) is 11.9 Å². The summed E-state index contributed by atoms with van der Waals surface area (Å²) in [4.78, 5) is 14.7. The zero-order chi connectivity index (χ0) is 13.8. The first-order valence-electron chi connectivity index (χ1n) is 4.70. The number of alkyl halides is 3. The molecule has 0 bridgehead atoms. The van der Waals surface area contributed by atoms with Crippen molar-refractivity contribution in [2.45, 2.75) is 13.3 Å². The van der Waals surface area contributed by atoms with E-state index < -0.39 is 18.2 Å². The maximum absolute atomic E-state index is 12.0. The Labute approximate surface area is 99.8 Å². The molecule has 0 fully saturated rings. The predicted molar refractivity (Wildman–Crippen MR) is 51.6 cm³/mol. The summed E-state index contributed by atoms with van der Waals surface area (Å²) in [6.45, 7) is 1.56. The van der Waals surface area contributed by atoms with Gasteiger partial charge in [0.05, 0.1) is 17.7 Å². The van der Waals surface area contributed by atoms with Gasteiger partial charge in [-0.05, 0) is 6.92 Å². The minimum atomic E-state index is -4.92. The summed E-state index contributed by atoms with van der Waals surface area (Å²) in [7, 11) is 0. The van der Waals surface area contributed by atoms with Crippen LogP contribution in [0.5, 0.6) is 5.88 Å². The fourth-order valence-corrected chi connectivity index (χ4v) is 1.08. The largest absolute Gasteiger partial charge is 0.574 e. The van der Waals surface area contributed by atoms with Crippen LogP contribution in [-0.4, -0.2) is 23.9 Å². The van der Waals surface area contributed by atoms with E-state index in [0.717, 1.165) is 6.20 Å². The number of halogens is 3. The fraction of sp³-hybridized carbons (Fsp3) is 0.300. The van der Waals surface area contributed by atoms with Crippen molar-refractivity contribution in [3.05, 3.63) is 23.4 Å². The Balaban J connectivity index is 3.10. The summed E-state index contributed by atoms with van der Waals surface area (Å²) in [5.74, 6) is -1.74. The number of carbonyl (C=O) groups excluding carboxylic acids is 1. The molecule has 0 saturated heterocycles. The van der Waals surface area contributed by atoms with Crippen LogP contribution >= 0.6 is 0 Å². The molecule has 1 heterocycles. The number of hydrogen-bond donors (Lipinski definition) is 0. The highest BCUT2D eigenvalue weighted by atomic mass is 19.4. The van der Waals surface area contributed by atoms with Gasteiger partial charge in [0.1, 0.15) is 6.07 Å². The van der Waals surface area contributed by atoms with Gasteiger partial charge in [-0.15, -0.1) is 13.2 Å². The van der Waals surface area contributed by atoms with Crippen molar-refractivity contribution < 1.29 is 27.4 Å². The number of nitrogens with zero attached hydrogens (tertiary/aromatic N) is 2. The van der Waals surface area contributed by atoms with E-state index in [9.17, 15) is 18.0 Å². The van der Waals surface area contributed by atoms with Crippen molar-refractivity contribution in [2.75, 3.05) is 6.61 Å². The van der Waals surface area contributed by atoms with Crippen molar-refractivity contribution in [3.63, 3.8) is 0 Å². The molecular weight excluding hydrogens is 253 g/mol. The van der Waals surface area contributed by atoms with E-state index in [2.05, 4.69) is 14.5 Å². The van der Waals surface area contributed by atoms with Crippen LogP contribution in [0, 0.1) is 11.3 Å². The number of pyridine rings is 1. The summed E-state index contributed by atoms with van der Waals surface area (Å²) in [6, 6.07) is 2.34. The van der Waals surface area contributed by atoms with Crippen LogP contribution in [0.15, 0.2) is 12.3 Å². The number of hydrogen-bond acceptors (Lipinski definition) is 5. The first-order valence-corrected chi connectivity index (χ1v) is 4.70. The van der Waals surface area contributed by atoms with Crippen molar-refractivity contribution in [2.24, 2.45) is 0 Å². The Morgan fingerprint density at radius 2 is 2.22 bits per heavy atom. The van der Waals surface area contributed by atoms with Crippen LogP contribution in [0.3, 0.4) is 0 Å². The SMILES string of the molecule is CCOC(=O)c1cc(OC(F)(F)F)ncc1C#N. The monoisotopic (exact) mass is 260 g/mol. The normalized spacial score (nSPS) is 10.6. The van der Waals surface area contributed by atoms with Gasteiger partial charge in [0.25, 0.3) is 0 Å². The molecule has 1 rings (SSSR count). The topological polar surface area (TPSA) is 72.2 Å². The molecule has 0 aliphatic rings. The Bertz CT molecular complexity index is 494. The van der Waals surface area contributed by atoms with Gasteiger partial charge in [-0.3, -0.25) is 0 Å². The molecule has 0 saturated carbocycles. The highest BCUT2D eigenvalue weighted by molar-refractivity contribution is 5.92. The second-order valence-electron chi connectivity index (χ2n) is 2.95. The lowest BCUT2D eigenvalue weighted by Gasteiger charge is -2.09. The maximum atomic E-state index is 12.0. The van der Waals surface area contributed by atoms with Gasteiger partial charge in [-0.2, -0.15) is 5.26 Å². The Kier molecular flexibility index (Phi) is 4.09. The first kappa shape index (κ1) is 13.8. The van der Waals surface area contributed by atoms with Crippen LogP contribution in [-0.2, 0) is 4.74 Å². The molecule has 5 nitrogen and oxygen atoms in total. The van der Waals surface area contributed by atoms with Crippen LogP contribution in [0.1, 0.15) is 22.8 Å². The number of rotatable bonds is 3. The third-order valence-corrected chi connectivity index (χ3v) is 1.71. The molecule has 0 aromatic carbocycles. The Hall–Kier alpha value is -2.30. The number of carbonyl (C=O) groups is 1. The molecule has 0 amide bonds. The van der Waals surface area contributed by atoms with E-state index in [1.165, 1.54) is 6.92 Å². The highest BCUT2D eigenvalue weighted by Crippen LogP contribution is 2.22. The lowest BCUT2D eigenvalue weighted by atomic mass is 10.1. The highest BCUT2D eigenvalue weighted by Gasteiger charge is 2.32. The van der Waals surface area contributed by atoms with E-state index in [4.69, 9.17) is 5.26 Å². The molecule has 0 spiro atoms. The van der Waals surface area contributed by atoms with E-state index in [1.807, 2.05) is 0 Å². The smallest absolute Gasteiger partial charge is 0.462 e. The van der Waals surface area contributed by atoms with Crippen LogP contribution in [0.4, 0.5) is 13.2 Å². The molecule has 0 aliphatic heterocycles. The van der Waals surface area contributed by atoms with Gasteiger partial charge in [0.2, 0.25) is 5.88 Å². The average molecular weight is 260 g/mol. The quantitative estimate of drug-likeness (QED) is 0.777. The summed E-state index contributed by atoms with van der Waals surface area (Å²) in [5, 5.41) is 8.70. The minimum absolute atomic E-state index is 0.0293. The molecule has 0 aliphatic carbocycles. The third-order valence-electron chi connectivity index (χ3n) is 1.71. The van der Waals surface area contributed by atoms with Gasteiger partial charge in [0.15, 0.2) is 0 Å². The second-order valence-corrected chi connectivity index (χ2v) is 2.95. The standard InChI is InChI=1S/C10H7F3N2O3/c1-2-17-9(16)7-3-8(18-10(11,12)13)15-5-6(7)4-14/h3,5H,2H2,1H3. The van der Waals surface area contributed by atoms with E-state index in [0.29, 0.717) is 6.07 Å². The van der Waals surface area contributed by atoms with Gasteiger partial charge in [-0.1, -0.05) is 0 Å². The Morgan fingerprint density at radius 1 is 1.56 bits per heavy atom. The lowest BCUT2D eigenvalue weighted by molar-refractivity contribution is -0.276. The minimum Gasteiger partial charge on any atom is -0.462 e. The van der Waals surface area contributed by atoms with Crippen molar-refractivity contribution in [1.29, 1.82) is 5.26 Å². The molecule has 8 heteroatoms.